The van der Waals surface area contributed by atoms with Crippen LogP contribution < -0.4 is 10.9 Å². The van der Waals surface area contributed by atoms with Gasteiger partial charge in [0.25, 0.3) is 21.3 Å². The van der Waals surface area contributed by atoms with Crippen molar-refractivity contribution in [1.29, 1.82) is 0 Å². The van der Waals surface area contributed by atoms with Crippen LogP contribution in [-0.2, 0) is 16.6 Å². The molecule has 170 valence electrons. The molecule has 0 saturated heterocycles. The van der Waals surface area contributed by atoms with Gasteiger partial charge in [-0.2, -0.15) is 8.42 Å². The van der Waals surface area contributed by atoms with Crippen molar-refractivity contribution in [2.24, 2.45) is 4.40 Å². The number of benzene rings is 2. The number of amidine groups is 1. The number of aromatic hydroxyl groups is 1. The minimum absolute atomic E-state index is 0.0578. The molecule has 1 aliphatic heterocycles. The lowest BCUT2D eigenvalue weighted by Gasteiger charge is -2.20. The summed E-state index contributed by atoms with van der Waals surface area (Å²) in [5.74, 6) is -0.816. The molecule has 0 atom stereocenters. The molecule has 1 aliphatic rings. The average molecular weight is 477 g/mol. The van der Waals surface area contributed by atoms with Crippen LogP contribution in [0.3, 0.4) is 0 Å². The van der Waals surface area contributed by atoms with Crippen molar-refractivity contribution in [3.05, 3.63) is 98.5 Å². The molecule has 5 rings (SSSR count). The van der Waals surface area contributed by atoms with Crippen LogP contribution in [0.4, 0.5) is 11.4 Å². The molecule has 2 N–H and O–H groups in total. The van der Waals surface area contributed by atoms with Crippen molar-refractivity contribution in [3.63, 3.8) is 0 Å². The van der Waals surface area contributed by atoms with Crippen molar-refractivity contribution in [2.45, 2.75) is 11.4 Å². The first-order valence-electron chi connectivity index (χ1n) is 9.91. The van der Waals surface area contributed by atoms with E-state index in [1.165, 1.54) is 47.2 Å². The highest BCUT2D eigenvalue weighted by atomic mass is 32.2. The summed E-state index contributed by atoms with van der Waals surface area (Å²) in [6.07, 6.45) is 1.43. The first-order valence-corrected chi connectivity index (χ1v) is 11.4. The number of rotatable bonds is 4. The summed E-state index contributed by atoms with van der Waals surface area (Å²) in [5, 5.41) is 25.1. The van der Waals surface area contributed by atoms with Crippen LogP contribution in [0.1, 0.15) is 11.1 Å². The van der Waals surface area contributed by atoms with Crippen molar-refractivity contribution in [2.75, 3.05) is 5.32 Å². The Hall–Kier alpha value is -4.58. The van der Waals surface area contributed by atoms with Gasteiger partial charge < -0.3 is 10.4 Å². The standard InChI is InChI=1S/C22H15N5O6S/c28-19-15-7-4-10-23-21(15)26(12-13-5-3-6-14(11-13)27(30)31)22(29)18(19)20-24-16-8-1-2-9-17(16)34(32,33)25-20/h1-11,28H,12H2,(H,24,25). The number of nitrogens with zero attached hydrogens (tertiary/aromatic N) is 4. The highest BCUT2D eigenvalue weighted by molar-refractivity contribution is 7.90. The van der Waals surface area contributed by atoms with Gasteiger partial charge >= 0.3 is 0 Å². The second-order valence-corrected chi connectivity index (χ2v) is 9.03. The number of para-hydroxylation sites is 1. The van der Waals surface area contributed by atoms with Crippen LogP contribution in [0, 0.1) is 10.1 Å². The maximum Gasteiger partial charge on any atom is 0.286 e. The number of aromatic nitrogens is 2. The van der Waals surface area contributed by atoms with E-state index < -0.39 is 26.3 Å². The molecule has 34 heavy (non-hydrogen) atoms. The van der Waals surface area contributed by atoms with Crippen LogP contribution >= 0.6 is 0 Å². The summed E-state index contributed by atoms with van der Waals surface area (Å²) < 4.78 is 30.4. The van der Waals surface area contributed by atoms with Gasteiger partial charge in [-0.15, -0.1) is 4.40 Å². The molecule has 0 amide bonds. The Morgan fingerprint density at radius 1 is 1.09 bits per heavy atom. The maximum absolute atomic E-state index is 13.6. The summed E-state index contributed by atoms with van der Waals surface area (Å²) in [6.45, 7) is -0.113. The molecule has 0 bridgehead atoms. The molecule has 0 unspecified atom stereocenters. The topological polar surface area (TPSA) is 157 Å². The minimum atomic E-state index is -4.14. The van der Waals surface area contributed by atoms with E-state index in [4.69, 9.17) is 0 Å². The Labute approximate surface area is 191 Å². The quantitative estimate of drug-likeness (QED) is 0.335. The van der Waals surface area contributed by atoms with Gasteiger partial charge in [0.15, 0.2) is 5.84 Å². The van der Waals surface area contributed by atoms with Gasteiger partial charge in [-0.1, -0.05) is 24.3 Å². The van der Waals surface area contributed by atoms with Gasteiger partial charge in [0.05, 0.1) is 22.5 Å². The number of anilines is 1. The Morgan fingerprint density at radius 2 is 1.88 bits per heavy atom. The second kappa shape index (κ2) is 7.78. The summed E-state index contributed by atoms with van der Waals surface area (Å²) >= 11 is 0. The molecular formula is C22H15N5O6S. The van der Waals surface area contributed by atoms with E-state index in [1.807, 2.05) is 0 Å². The normalized spacial score (nSPS) is 14.2. The van der Waals surface area contributed by atoms with Crippen LogP contribution in [0.2, 0.25) is 0 Å². The number of hydrogen-bond acceptors (Lipinski definition) is 8. The fourth-order valence-electron chi connectivity index (χ4n) is 3.80. The van der Waals surface area contributed by atoms with E-state index in [0.717, 1.165) is 0 Å². The fraction of sp³-hybridized carbons (Fsp3) is 0.0455. The molecule has 0 fully saturated rings. The molecule has 0 spiro atoms. The largest absolute Gasteiger partial charge is 0.506 e. The summed E-state index contributed by atoms with van der Waals surface area (Å²) in [5.41, 5.74) is -0.498. The molecule has 4 aromatic rings. The van der Waals surface area contributed by atoms with E-state index in [9.17, 15) is 28.4 Å². The maximum atomic E-state index is 13.6. The van der Waals surface area contributed by atoms with Crippen molar-refractivity contribution in [1.82, 2.24) is 9.55 Å². The van der Waals surface area contributed by atoms with E-state index >= 15 is 0 Å². The van der Waals surface area contributed by atoms with Crippen molar-refractivity contribution >= 4 is 38.3 Å². The number of sulfonamides is 1. The van der Waals surface area contributed by atoms with Crippen LogP contribution in [0.5, 0.6) is 5.75 Å². The number of nitrogens with one attached hydrogen (secondary N) is 1. The molecule has 2 aromatic heterocycles. The number of fused-ring (bicyclic) bond motifs is 2. The zero-order valence-electron chi connectivity index (χ0n) is 17.2. The summed E-state index contributed by atoms with van der Waals surface area (Å²) in [4.78, 5) is 28.3. The van der Waals surface area contributed by atoms with E-state index in [-0.39, 0.29) is 45.2 Å². The number of hydrogen-bond donors (Lipinski definition) is 2. The van der Waals surface area contributed by atoms with Gasteiger partial charge in [0.1, 0.15) is 21.9 Å². The van der Waals surface area contributed by atoms with Gasteiger partial charge in [-0.05, 0) is 29.8 Å². The Kier molecular flexibility index (Phi) is 4.87. The SMILES string of the molecule is O=c1c(C2=NS(=O)(=O)c3ccccc3N2)c(O)c2cccnc2n1Cc1cccc([N+](=O)[O-])c1. The lowest BCUT2D eigenvalue weighted by Crippen LogP contribution is -2.33. The van der Waals surface area contributed by atoms with Crippen LogP contribution in [0.25, 0.3) is 11.0 Å². The van der Waals surface area contributed by atoms with Gasteiger partial charge in [-0.25, -0.2) is 4.98 Å². The smallest absolute Gasteiger partial charge is 0.286 e. The fourth-order valence-corrected chi connectivity index (χ4v) is 4.92. The summed E-state index contributed by atoms with van der Waals surface area (Å²) in [7, 11) is -4.14. The third-order valence-corrected chi connectivity index (χ3v) is 6.66. The van der Waals surface area contributed by atoms with E-state index in [1.54, 1.807) is 24.3 Å². The average Bonchev–Trinajstić information content (AvgIpc) is 2.82. The molecule has 2 aromatic carbocycles. The number of nitro groups is 1. The number of pyridine rings is 2. The number of nitro benzene ring substituents is 1. The highest BCUT2D eigenvalue weighted by Gasteiger charge is 2.30. The zero-order valence-corrected chi connectivity index (χ0v) is 18.1. The first kappa shape index (κ1) is 21.3. The molecule has 12 heteroatoms. The van der Waals surface area contributed by atoms with Gasteiger partial charge in [-0.3, -0.25) is 19.5 Å². The Bertz CT molecular complexity index is 1690. The Morgan fingerprint density at radius 3 is 2.68 bits per heavy atom. The second-order valence-electron chi connectivity index (χ2n) is 7.45. The minimum Gasteiger partial charge on any atom is -0.506 e. The molecule has 0 radical (unpaired) electrons. The lowest BCUT2D eigenvalue weighted by atomic mass is 10.1. The van der Waals surface area contributed by atoms with Crippen LogP contribution in [-0.4, -0.2) is 33.8 Å². The van der Waals surface area contributed by atoms with Gasteiger partial charge in [0.2, 0.25) is 0 Å². The third-order valence-electron chi connectivity index (χ3n) is 5.32. The molecule has 0 saturated carbocycles. The van der Waals surface area contributed by atoms with Gasteiger partial charge in [0, 0.05) is 18.3 Å². The monoisotopic (exact) mass is 477 g/mol. The Balaban J connectivity index is 1.74. The summed E-state index contributed by atoms with van der Waals surface area (Å²) in [6, 6.07) is 14.9. The van der Waals surface area contributed by atoms with Crippen molar-refractivity contribution < 1.29 is 18.4 Å². The van der Waals surface area contributed by atoms with E-state index in [2.05, 4.69) is 14.7 Å². The van der Waals surface area contributed by atoms with Crippen molar-refractivity contribution in [3.8, 4) is 5.75 Å². The van der Waals surface area contributed by atoms with E-state index in [0.29, 0.717) is 5.56 Å². The lowest BCUT2D eigenvalue weighted by molar-refractivity contribution is -0.384. The molecule has 0 aliphatic carbocycles. The third kappa shape index (κ3) is 3.46. The molecular weight excluding hydrogens is 462 g/mol. The number of non-ortho nitro benzene ring substituents is 1. The van der Waals surface area contributed by atoms with Crippen LogP contribution in [0.15, 0.2) is 80.9 Å². The zero-order chi connectivity index (χ0) is 24.0. The predicted octanol–water partition coefficient (Wildman–Crippen LogP) is 2.62. The molecule has 3 heterocycles. The molecule has 11 nitrogen and oxygen atoms in total. The predicted molar refractivity (Wildman–Crippen MR) is 124 cm³/mol. The first-order chi connectivity index (χ1) is 16.3. The highest BCUT2D eigenvalue weighted by Crippen LogP contribution is 2.31.